The lowest BCUT2D eigenvalue weighted by Crippen LogP contribution is -2.48. The Labute approximate surface area is 118 Å². The van der Waals surface area contributed by atoms with Gasteiger partial charge in [-0.15, -0.1) is 0 Å². The first kappa shape index (κ1) is 17.1. The minimum absolute atomic E-state index is 0.625. The fourth-order valence-electron chi connectivity index (χ4n) is 2.15. The quantitative estimate of drug-likeness (QED) is 0.570. The van der Waals surface area contributed by atoms with E-state index >= 15 is 0 Å². The highest BCUT2D eigenvalue weighted by atomic mass is 28.4. The molecule has 0 aliphatic carbocycles. The smallest absolute Gasteiger partial charge is 0.379 e. The maximum Gasteiger partial charge on any atom is 0.504 e. The van der Waals surface area contributed by atoms with Gasteiger partial charge in [0, 0.05) is 39.0 Å². The molecule has 0 saturated carbocycles. The topological polar surface area (TPSA) is 40.2 Å². The van der Waals surface area contributed by atoms with E-state index in [9.17, 15) is 0 Å². The maximum absolute atomic E-state index is 5.80. The molecule has 0 aromatic carbocycles. The standard InChI is InChI=1S/C13H28NO4Si/c1-4-16-19(17-5-2,18-6-3)13-7-8-14-9-11-15-12-10-14/h13H,4-12H2,1-3H3. The molecule has 0 N–H and O–H groups in total. The van der Waals surface area contributed by atoms with Gasteiger partial charge >= 0.3 is 8.80 Å². The summed E-state index contributed by atoms with van der Waals surface area (Å²) in [4.78, 5) is 2.41. The number of rotatable bonds is 10. The fraction of sp³-hybridized carbons (Fsp3) is 0.923. The van der Waals surface area contributed by atoms with Crippen molar-refractivity contribution in [2.75, 3.05) is 52.7 Å². The van der Waals surface area contributed by atoms with E-state index in [0.717, 1.165) is 39.3 Å². The third-order valence-electron chi connectivity index (χ3n) is 2.98. The number of morpholine rings is 1. The second-order valence-corrected chi connectivity index (χ2v) is 6.83. The van der Waals surface area contributed by atoms with Gasteiger partial charge in [-0.1, -0.05) is 0 Å². The van der Waals surface area contributed by atoms with Crippen LogP contribution in [0.2, 0.25) is 0 Å². The summed E-state index contributed by atoms with van der Waals surface area (Å²) in [7, 11) is -2.56. The van der Waals surface area contributed by atoms with E-state index in [1.807, 2.05) is 20.8 Å². The van der Waals surface area contributed by atoms with E-state index in [-0.39, 0.29) is 0 Å². The highest BCUT2D eigenvalue weighted by Gasteiger charge is 2.40. The number of hydrogen-bond donors (Lipinski definition) is 0. The predicted octanol–water partition coefficient (Wildman–Crippen LogP) is 1.50. The van der Waals surface area contributed by atoms with Crippen molar-refractivity contribution < 1.29 is 18.0 Å². The molecule has 0 aromatic rings. The summed E-state index contributed by atoms with van der Waals surface area (Å²) in [6, 6.07) is 2.14. The van der Waals surface area contributed by atoms with E-state index in [2.05, 4.69) is 10.9 Å². The van der Waals surface area contributed by atoms with Gasteiger partial charge in [-0.05, 0) is 33.7 Å². The molecule has 1 radical (unpaired) electrons. The highest BCUT2D eigenvalue weighted by molar-refractivity contribution is 6.64. The summed E-state index contributed by atoms with van der Waals surface area (Å²) in [6.07, 6.45) is 0.937. The van der Waals surface area contributed by atoms with Gasteiger partial charge in [0.05, 0.1) is 13.2 Å². The summed E-state index contributed by atoms with van der Waals surface area (Å²) in [5.74, 6) is 0. The largest absolute Gasteiger partial charge is 0.504 e. The monoisotopic (exact) mass is 290 g/mol. The van der Waals surface area contributed by atoms with Gasteiger partial charge in [-0.3, -0.25) is 4.90 Å². The minimum atomic E-state index is -2.56. The predicted molar refractivity (Wildman–Crippen MR) is 76.8 cm³/mol. The van der Waals surface area contributed by atoms with Crippen LogP contribution in [0.1, 0.15) is 27.2 Å². The van der Waals surface area contributed by atoms with Crippen LogP contribution in [0.15, 0.2) is 0 Å². The third kappa shape index (κ3) is 6.33. The Balaban J connectivity index is 2.36. The van der Waals surface area contributed by atoms with Crippen LogP contribution in [0.25, 0.3) is 0 Å². The summed E-state index contributed by atoms with van der Waals surface area (Å²) in [5, 5.41) is 0. The molecule has 1 aliphatic rings. The Kier molecular flexibility index (Phi) is 8.85. The second-order valence-electron chi connectivity index (χ2n) is 4.35. The summed E-state index contributed by atoms with van der Waals surface area (Å²) in [6.45, 7) is 12.5. The Morgan fingerprint density at radius 1 is 1.00 bits per heavy atom. The number of ether oxygens (including phenoxy) is 1. The molecule has 0 atom stereocenters. The van der Waals surface area contributed by atoms with E-state index in [4.69, 9.17) is 18.0 Å². The molecule has 1 aliphatic heterocycles. The molecule has 6 heteroatoms. The zero-order chi connectivity index (χ0) is 14.0. The van der Waals surface area contributed by atoms with Crippen molar-refractivity contribution in [3.63, 3.8) is 0 Å². The molecule has 0 amide bonds. The van der Waals surface area contributed by atoms with Crippen molar-refractivity contribution in [2.45, 2.75) is 27.2 Å². The lowest BCUT2D eigenvalue weighted by molar-refractivity contribution is 0.0373. The Bertz CT molecular complexity index is 208. The molecule has 1 rings (SSSR count). The molecule has 0 unspecified atom stereocenters. The summed E-state index contributed by atoms with van der Waals surface area (Å²) in [5.41, 5.74) is 0. The Morgan fingerprint density at radius 3 is 2.00 bits per heavy atom. The van der Waals surface area contributed by atoms with E-state index in [1.54, 1.807) is 0 Å². The molecular weight excluding hydrogens is 262 g/mol. The van der Waals surface area contributed by atoms with Crippen molar-refractivity contribution in [1.82, 2.24) is 4.90 Å². The maximum atomic E-state index is 5.80. The molecule has 113 valence electrons. The van der Waals surface area contributed by atoms with Crippen molar-refractivity contribution in [2.24, 2.45) is 0 Å². The molecule has 0 spiro atoms. The normalized spacial score (nSPS) is 17.8. The summed E-state index contributed by atoms with van der Waals surface area (Å²) < 4.78 is 22.7. The number of nitrogens with zero attached hydrogens (tertiary/aromatic N) is 1. The van der Waals surface area contributed by atoms with Gasteiger partial charge in [0.15, 0.2) is 0 Å². The van der Waals surface area contributed by atoms with Crippen LogP contribution in [0.3, 0.4) is 0 Å². The lowest BCUT2D eigenvalue weighted by Gasteiger charge is -2.30. The first-order valence-electron chi connectivity index (χ1n) is 7.32. The molecule has 0 aromatic heterocycles. The first-order valence-corrected chi connectivity index (χ1v) is 9.12. The first-order chi connectivity index (χ1) is 9.26. The van der Waals surface area contributed by atoms with Crippen LogP contribution < -0.4 is 0 Å². The molecule has 1 saturated heterocycles. The van der Waals surface area contributed by atoms with Gasteiger partial charge in [0.1, 0.15) is 0 Å². The molecule has 19 heavy (non-hydrogen) atoms. The van der Waals surface area contributed by atoms with E-state index in [0.29, 0.717) is 19.8 Å². The van der Waals surface area contributed by atoms with E-state index < -0.39 is 8.80 Å². The minimum Gasteiger partial charge on any atom is -0.379 e. The SMILES string of the molecule is CCO[Si]([CH]CCN1CCOCC1)(OCC)OCC. The molecular formula is C13H28NO4Si. The van der Waals surface area contributed by atoms with Crippen LogP contribution in [0.4, 0.5) is 0 Å². The van der Waals surface area contributed by atoms with Crippen LogP contribution >= 0.6 is 0 Å². The van der Waals surface area contributed by atoms with E-state index in [1.165, 1.54) is 0 Å². The van der Waals surface area contributed by atoms with Gasteiger partial charge < -0.3 is 18.0 Å². The third-order valence-corrected chi connectivity index (χ3v) is 5.84. The van der Waals surface area contributed by atoms with Crippen LogP contribution in [-0.4, -0.2) is 66.4 Å². The molecule has 1 fully saturated rings. The van der Waals surface area contributed by atoms with Gasteiger partial charge in [0.2, 0.25) is 0 Å². The van der Waals surface area contributed by atoms with Gasteiger partial charge in [-0.25, -0.2) is 0 Å². The van der Waals surface area contributed by atoms with Gasteiger partial charge in [-0.2, -0.15) is 0 Å². The van der Waals surface area contributed by atoms with Crippen molar-refractivity contribution in [3.05, 3.63) is 6.04 Å². The van der Waals surface area contributed by atoms with Crippen molar-refractivity contribution in [1.29, 1.82) is 0 Å². The summed E-state index contributed by atoms with van der Waals surface area (Å²) >= 11 is 0. The zero-order valence-electron chi connectivity index (χ0n) is 12.5. The van der Waals surface area contributed by atoms with Crippen molar-refractivity contribution >= 4 is 8.80 Å². The lowest BCUT2D eigenvalue weighted by atomic mass is 10.3. The Hall–Kier alpha value is 0.0169. The second kappa shape index (κ2) is 9.85. The molecule has 0 bridgehead atoms. The molecule has 1 heterocycles. The molecule has 5 nitrogen and oxygen atoms in total. The van der Waals surface area contributed by atoms with Crippen molar-refractivity contribution in [3.8, 4) is 0 Å². The average Bonchev–Trinajstić information content (AvgIpc) is 2.41. The fourth-order valence-corrected chi connectivity index (χ4v) is 4.45. The van der Waals surface area contributed by atoms with Crippen LogP contribution in [0.5, 0.6) is 0 Å². The van der Waals surface area contributed by atoms with Crippen LogP contribution in [-0.2, 0) is 18.0 Å². The average molecular weight is 290 g/mol. The van der Waals surface area contributed by atoms with Crippen LogP contribution in [0, 0.1) is 6.04 Å². The highest BCUT2D eigenvalue weighted by Crippen LogP contribution is 2.16. The number of hydrogen-bond acceptors (Lipinski definition) is 5. The zero-order valence-corrected chi connectivity index (χ0v) is 13.5. The van der Waals surface area contributed by atoms with Gasteiger partial charge in [0.25, 0.3) is 0 Å². The Morgan fingerprint density at radius 2 is 1.53 bits per heavy atom.